The Bertz CT molecular complexity index is 805. The molecule has 0 radical (unpaired) electrons. The van der Waals surface area contributed by atoms with Gasteiger partial charge in [0, 0.05) is 12.3 Å². The summed E-state index contributed by atoms with van der Waals surface area (Å²) in [5.41, 5.74) is 0.216. The first-order chi connectivity index (χ1) is 9.95. The van der Waals surface area contributed by atoms with Crippen LogP contribution in [0.3, 0.4) is 0 Å². The largest absolute Gasteiger partial charge is 0.511 e. The Balaban J connectivity index is 2.54. The zero-order chi connectivity index (χ0) is 15.6. The molecule has 0 atom stereocenters. The van der Waals surface area contributed by atoms with Crippen LogP contribution in [0.4, 0.5) is 5.69 Å². The van der Waals surface area contributed by atoms with Crippen molar-refractivity contribution in [3.63, 3.8) is 0 Å². The average Bonchev–Trinajstić information content (AvgIpc) is 2.78. The molecular weight excluding hydrogens is 272 g/mol. The summed E-state index contributed by atoms with van der Waals surface area (Å²) in [6.07, 6.45) is 0. The highest BCUT2D eigenvalue weighted by molar-refractivity contribution is 6.15. The van der Waals surface area contributed by atoms with Crippen molar-refractivity contribution in [1.29, 1.82) is 5.26 Å². The van der Waals surface area contributed by atoms with Crippen molar-refractivity contribution in [2.45, 2.75) is 13.8 Å². The third-order valence-electron chi connectivity index (χ3n) is 2.85. The molecule has 2 N–H and O–H groups in total. The molecular formula is C15H12N2O4. The summed E-state index contributed by atoms with van der Waals surface area (Å²) in [5, 5.41) is 21.2. The van der Waals surface area contributed by atoms with E-state index in [2.05, 4.69) is 5.32 Å². The van der Waals surface area contributed by atoms with Crippen LogP contribution in [0.1, 0.15) is 24.4 Å². The number of benzene rings is 1. The first-order valence-corrected chi connectivity index (χ1v) is 6.09. The van der Waals surface area contributed by atoms with Gasteiger partial charge in [-0.1, -0.05) is 12.1 Å². The highest BCUT2D eigenvalue weighted by Gasteiger charge is 2.21. The number of aliphatic hydroxyl groups is 1. The number of carbonyl (C=O) groups is 2. The van der Waals surface area contributed by atoms with E-state index < -0.39 is 17.2 Å². The second kappa shape index (κ2) is 5.51. The molecule has 21 heavy (non-hydrogen) atoms. The number of nitrogens with one attached hydrogen (secondary N) is 1. The number of para-hydroxylation sites is 1. The zero-order valence-corrected chi connectivity index (χ0v) is 11.4. The van der Waals surface area contributed by atoms with Crippen LogP contribution in [0.25, 0.3) is 11.0 Å². The summed E-state index contributed by atoms with van der Waals surface area (Å²) in [6, 6.07) is 8.43. The molecule has 0 aliphatic rings. The molecule has 0 bridgehead atoms. The molecule has 6 heteroatoms. The third kappa shape index (κ3) is 2.62. The maximum absolute atomic E-state index is 12.0. The smallest absolute Gasteiger partial charge is 0.269 e. The van der Waals surface area contributed by atoms with Crippen LogP contribution >= 0.6 is 0 Å². The molecule has 0 unspecified atom stereocenters. The summed E-state index contributed by atoms with van der Waals surface area (Å²) in [7, 11) is 0. The number of amides is 1. The summed E-state index contributed by atoms with van der Waals surface area (Å²) in [6.45, 7) is 2.54. The molecule has 2 aromatic rings. The van der Waals surface area contributed by atoms with E-state index in [-0.39, 0.29) is 17.2 Å². The molecule has 1 aromatic heterocycles. The van der Waals surface area contributed by atoms with E-state index in [4.69, 9.17) is 9.68 Å². The van der Waals surface area contributed by atoms with Crippen LogP contribution in [0.5, 0.6) is 0 Å². The zero-order valence-electron chi connectivity index (χ0n) is 11.4. The van der Waals surface area contributed by atoms with Crippen LogP contribution in [0, 0.1) is 11.3 Å². The first kappa shape index (κ1) is 14.3. The number of rotatable bonds is 3. The lowest BCUT2D eigenvalue weighted by Gasteiger charge is -2.04. The van der Waals surface area contributed by atoms with E-state index >= 15 is 0 Å². The second-order valence-corrected chi connectivity index (χ2v) is 4.38. The van der Waals surface area contributed by atoms with E-state index in [0.717, 1.165) is 0 Å². The summed E-state index contributed by atoms with van der Waals surface area (Å²) < 4.78 is 5.41. The third-order valence-corrected chi connectivity index (χ3v) is 2.85. The first-order valence-electron chi connectivity index (χ1n) is 6.09. The van der Waals surface area contributed by atoms with Gasteiger partial charge in [-0.25, -0.2) is 0 Å². The molecule has 6 nitrogen and oxygen atoms in total. The number of carbonyl (C=O) groups excluding carboxylic acids is 2. The van der Waals surface area contributed by atoms with Gasteiger partial charge in [-0.15, -0.1) is 0 Å². The van der Waals surface area contributed by atoms with Crippen molar-refractivity contribution in [3.05, 3.63) is 41.4 Å². The Morgan fingerprint density at radius 3 is 2.52 bits per heavy atom. The van der Waals surface area contributed by atoms with Crippen LogP contribution in [0.15, 0.2) is 40.0 Å². The van der Waals surface area contributed by atoms with Gasteiger partial charge >= 0.3 is 0 Å². The standard InChI is InChI=1S/C15H12N2O4/c1-8(18)11(7-16)15(20)17-13-10-5-3-4-6-12(10)21-14(13)9(2)19/h3-6,18H,1-2H3,(H,17,20)/b11-8+. The number of hydrogen-bond acceptors (Lipinski definition) is 5. The Hall–Kier alpha value is -3.07. The molecule has 0 aliphatic heterocycles. The van der Waals surface area contributed by atoms with Gasteiger partial charge < -0.3 is 14.8 Å². The molecule has 106 valence electrons. The number of Topliss-reactive ketones (excluding diaryl/α,β-unsaturated/α-hetero) is 1. The molecule has 0 spiro atoms. The predicted molar refractivity (Wildman–Crippen MR) is 75.8 cm³/mol. The fourth-order valence-electron chi connectivity index (χ4n) is 1.89. The predicted octanol–water partition coefficient (Wildman–Crippen LogP) is 2.93. The van der Waals surface area contributed by atoms with Gasteiger partial charge in [-0.05, 0) is 19.1 Å². The normalized spacial score (nSPS) is 11.7. The van der Waals surface area contributed by atoms with Gasteiger partial charge in [0.05, 0.1) is 5.69 Å². The van der Waals surface area contributed by atoms with Gasteiger partial charge in [-0.3, -0.25) is 9.59 Å². The summed E-state index contributed by atoms with van der Waals surface area (Å²) in [4.78, 5) is 23.6. The highest BCUT2D eigenvalue weighted by atomic mass is 16.3. The number of hydrogen-bond donors (Lipinski definition) is 2. The van der Waals surface area contributed by atoms with Crippen LogP contribution in [0.2, 0.25) is 0 Å². The number of allylic oxidation sites excluding steroid dienone is 1. The SMILES string of the molecule is CC(=O)c1oc2ccccc2c1NC(=O)/C(C#N)=C(\C)O. The number of anilines is 1. The van der Waals surface area contributed by atoms with Gasteiger partial charge in [0.1, 0.15) is 17.4 Å². The maximum atomic E-state index is 12.0. The van der Waals surface area contributed by atoms with Crippen LogP contribution in [-0.2, 0) is 4.79 Å². The quantitative estimate of drug-likeness (QED) is 0.390. The van der Waals surface area contributed by atoms with Crippen molar-refractivity contribution < 1.29 is 19.1 Å². The fourth-order valence-corrected chi connectivity index (χ4v) is 1.89. The van der Waals surface area contributed by atoms with Crippen molar-refractivity contribution >= 4 is 28.3 Å². The Morgan fingerprint density at radius 2 is 1.95 bits per heavy atom. The number of fused-ring (bicyclic) bond motifs is 1. The van der Waals surface area contributed by atoms with Gasteiger partial charge in [-0.2, -0.15) is 5.26 Å². The molecule has 2 rings (SSSR count). The Labute approximate surface area is 120 Å². The minimum Gasteiger partial charge on any atom is -0.511 e. The van der Waals surface area contributed by atoms with Crippen molar-refractivity contribution in [2.24, 2.45) is 0 Å². The van der Waals surface area contributed by atoms with Crippen molar-refractivity contribution in [1.82, 2.24) is 0 Å². The van der Waals surface area contributed by atoms with Gasteiger partial charge in [0.2, 0.25) is 0 Å². The number of nitrogens with zero attached hydrogens (tertiary/aromatic N) is 1. The molecule has 1 heterocycles. The molecule has 0 fully saturated rings. The molecule has 0 saturated heterocycles. The van der Waals surface area contributed by atoms with Crippen molar-refractivity contribution in [2.75, 3.05) is 5.32 Å². The Morgan fingerprint density at radius 1 is 1.29 bits per heavy atom. The lowest BCUT2D eigenvalue weighted by molar-refractivity contribution is -0.112. The van der Waals surface area contributed by atoms with E-state index in [0.29, 0.717) is 11.0 Å². The van der Waals surface area contributed by atoms with Gasteiger partial charge in [0.15, 0.2) is 17.1 Å². The molecule has 0 saturated carbocycles. The number of nitriles is 1. The average molecular weight is 284 g/mol. The topological polar surface area (TPSA) is 103 Å². The summed E-state index contributed by atoms with van der Waals surface area (Å²) in [5.74, 6) is -1.55. The molecule has 0 aliphatic carbocycles. The van der Waals surface area contributed by atoms with E-state index in [1.54, 1.807) is 30.3 Å². The van der Waals surface area contributed by atoms with E-state index in [1.165, 1.54) is 13.8 Å². The van der Waals surface area contributed by atoms with Crippen LogP contribution in [-0.4, -0.2) is 16.8 Å². The highest BCUT2D eigenvalue weighted by Crippen LogP contribution is 2.31. The van der Waals surface area contributed by atoms with Crippen LogP contribution < -0.4 is 5.32 Å². The fraction of sp³-hybridized carbons (Fsp3) is 0.133. The minimum atomic E-state index is -0.799. The van der Waals surface area contributed by atoms with E-state index in [1.807, 2.05) is 0 Å². The lowest BCUT2D eigenvalue weighted by atomic mass is 10.1. The van der Waals surface area contributed by atoms with Gasteiger partial charge in [0.25, 0.3) is 5.91 Å². The number of furan rings is 1. The number of ketones is 1. The Kier molecular flexibility index (Phi) is 3.76. The summed E-state index contributed by atoms with van der Waals surface area (Å²) >= 11 is 0. The maximum Gasteiger partial charge on any atom is 0.269 e. The molecule has 1 amide bonds. The minimum absolute atomic E-state index is 0.00238. The molecule has 1 aromatic carbocycles. The second-order valence-electron chi connectivity index (χ2n) is 4.38. The van der Waals surface area contributed by atoms with E-state index in [9.17, 15) is 14.7 Å². The number of aliphatic hydroxyl groups excluding tert-OH is 1. The van der Waals surface area contributed by atoms with Crippen molar-refractivity contribution in [3.8, 4) is 6.07 Å². The monoisotopic (exact) mass is 284 g/mol. The lowest BCUT2D eigenvalue weighted by Crippen LogP contribution is -2.16.